The SMILES string of the molecule is CC[C@H]1OC(=O)[C@H](C)[C@@H](OC2C[C@@](C)(OC)[C@@H](O)[C@H](C)O2)[C@@H](C)[C@@H](OC2O[C@H](C)C[C@H](N(C)CCCNC(=O)[C@@]3(O)[C@H](C)CC4C5CCC6=CC(=O)C=C[C@]6(C)[C@@]5(F)[C@@H](O)C[C@@]43C)[C@H]2O)[C@](C)(O)C[C@@H](C)CN(C)[C@H](C)[C@@H](O)[C@]1(C)O. The third-order valence-corrected chi connectivity index (χ3v) is 21.7. The Morgan fingerprint density at radius 2 is 1.58 bits per heavy atom. The number of aliphatic hydroxyl groups excluding tert-OH is 4. The van der Waals surface area contributed by atoms with Crippen LogP contribution < -0.4 is 5.32 Å². The van der Waals surface area contributed by atoms with Crippen LogP contribution in [0.15, 0.2) is 23.8 Å². The maximum Gasteiger partial charge on any atom is 0.311 e. The summed E-state index contributed by atoms with van der Waals surface area (Å²) in [7, 11) is 5.15. The van der Waals surface area contributed by atoms with Gasteiger partial charge in [-0.3, -0.25) is 14.4 Å². The first kappa shape index (κ1) is 66.0. The summed E-state index contributed by atoms with van der Waals surface area (Å²) in [6, 6.07) is -1.15. The van der Waals surface area contributed by atoms with E-state index in [1.165, 1.54) is 26.2 Å². The van der Waals surface area contributed by atoms with Crippen LogP contribution in [0.2, 0.25) is 0 Å². The predicted molar refractivity (Wildman–Crippen MR) is 299 cm³/mol. The van der Waals surface area contributed by atoms with Crippen molar-refractivity contribution in [1.82, 2.24) is 15.1 Å². The second-order valence-corrected chi connectivity index (χ2v) is 27.5. The minimum Gasteiger partial charge on any atom is -0.459 e. The quantitative estimate of drug-likeness (QED) is 0.101. The Bertz CT molecular complexity index is 2310. The molecule has 20 heteroatoms. The fraction of sp³-hybridized carbons (Fsp3) is 0.885. The van der Waals surface area contributed by atoms with E-state index in [-0.39, 0.29) is 43.9 Å². The van der Waals surface area contributed by atoms with Crippen molar-refractivity contribution in [1.29, 1.82) is 0 Å². The van der Waals surface area contributed by atoms with E-state index in [1.807, 2.05) is 44.7 Å². The molecule has 0 bridgehead atoms. The van der Waals surface area contributed by atoms with Crippen LogP contribution in [0, 0.1) is 46.3 Å². The predicted octanol–water partition coefficient (Wildman–Crippen LogP) is 4.13. The minimum atomic E-state index is -2.10. The van der Waals surface area contributed by atoms with Gasteiger partial charge in [0.1, 0.15) is 30.0 Å². The molecule has 3 saturated carbocycles. The minimum absolute atomic E-state index is 0.0643. The Labute approximate surface area is 480 Å². The largest absolute Gasteiger partial charge is 0.459 e. The summed E-state index contributed by atoms with van der Waals surface area (Å²) < 4.78 is 56.2. The normalized spacial score (nSPS) is 50.3. The molecular weight excluding hydrogens is 1050 g/mol. The molecule has 3 heterocycles. The number of allylic oxidation sites excluding steroid dienone is 4. The van der Waals surface area contributed by atoms with Gasteiger partial charge in [0.05, 0.1) is 47.6 Å². The molecule has 464 valence electrons. The number of carbonyl (C=O) groups excluding carboxylic acids is 3. The zero-order valence-electron chi connectivity index (χ0n) is 51.3. The number of aliphatic hydroxyl groups is 7. The molecule has 81 heavy (non-hydrogen) atoms. The maximum absolute atomic E-state index is 17.8. The van der Waals surface area contributed by atoms with Gasteiger partial charge in [-0.1, -0.05) is 46.3 Å². The van der Waals surface area contributed by atoms with Crippen LogP contribution in [-0.2, 0) is 42.8 Å². The Balaban J connectivity index is 1.09. The number of likely N-dealkylation sites (N-methyl/N-ethyl adjacent to an activating group) is 2. The smallest absolute Gasteiger partial charge is 0.311 e. The summed E-state index contributed by atoms with van der Waals surface area (Å²) in [6.07, 6.45) is -5.39. The molecule has 7 aliphatic rings. The number of hydrogen-bond donors (Lipinski definition) is 8. The highest BCUT2D eigenvalue weighted by Gasteiger charge is 2.76. The number of ketones is 1. The fourth-order valence-corrected chi connectivity index (χ4v) is 16.5. The van der Waals surface area contributed by atoms with Gasteiger partial charge in [0, 0.05) is 61.4 Å². The number of rotatable bonds is 12. The first-order valence-corrected chi connectivity index (χ1v) is 30.1. The van der Waals surface area contributed by atoms with Crippen LogP contribution >= 0.6 is 0 Å². The fourth-order valence-electron chi connectivity index (χ4n) is 16.5. The summed E-state index contributed by atoms with van der Waals surface area (Å²) >= 11 is 0. The van der Waals surface area contributed by atoms with Crippen molar-refractivity contribution in [2.45, 2.75) is 255 Å². The number of hydrogen-bond acceptors (Lipinski definition) is 18. The van der Waals surface area contributed by atoms with E-state index in [0.717, 1.165) is 0 Å². The second kappa shape index (κ2) is 24.3. The summed E-state index contributed by atoms with van der Waals surface area (Å²) in [5.41, 5.74) is -10.4. The lowest BCUT2D eigenvalue weighted by Gasteiger charge is -2.62. The number of carbonyl (C=O) groups is 3. The van der Waals surface area contributed by atoms with Crippen LogP contribution in [0.4, 0.5) is 4.39 Å². The third kappa shape index (κ3) is 11.8. The lowest BCUT2D eigenvalue weighted by atomic mass is 9.44. The van der Waals surface area contributed by atoms with E-state index in [0.29, 0.717) is 50.8 Å². The number of methoxy groups -OCH3 is 1. The average Bonchev–Trinajstić information content (AvgIpc) is 3.93. The van der Waals surface area contributed by atoms with Gasteiger partial charge >= 0.3 is 5.97 Å². The molecule has 3 aliphatic heterocycles. The molecule has 6 fully saturated rings. The van der Waals surface area contributed by atoms with Crippen LogP contribution in [0.5, 0.6) is 0 Å². The van der Waals surface area contributed by atoms with Crippen molar-refractivity contribution in [2.75, 3.05) is 40.8 Å². The zero-order chi connectivity index (χ0) is 60.5. The van der Waals surface area contributed by atoms with E-state index in [1.54, 1.807) is 68.4 Å². The molecule has 1 amide bonds. The van der Waals surface area contributed by atoms with Crippen LogP contribution in [0.3, 0.4) is 0 Å². The van der Waals surface area contributed by atoms with Gasteiger partial charge in [0.15, 0.2) is 29.6 Å². The van der Waals surface area contributed by atoms with Crippen molar-refractivity contribution in [3.05, 3.63) is 23.8 Å². The number of cyclic esters (lactones) is 1. The van der Waals surface area contributed by atoms with Gasteiger partial charge < -0.3 is 79.3 Å². The molecule has 26 atom stereocenters. The lowest BCUT2D eigenvalue weighted by Crippen LogP contribution is -2.70. The second-order valence-electron chi connectivity index (χ2n) is 27.5. The number of nitrogens with zero attached hydrogens (tertiary/aromatic N) is 2. The summed E-state index contributed by atoms with van der Waals surface area (Å²) in [4.78, 5) is 45.2. The first-order chi connectivity index (χ1) is 37.5. The molecule has 0 aromatic carbocycles. The lowest BCUT2D eigenvalue weighted by molar-refractivity contribution is -0.318. The van der Waals surface area contributed by atoms with Crippen LogP contribution in [-0.4, -0.2) is 212 Å². The summed E-state index contributed by atoms with van der Waals surface area (Å²) in [5, 5.41) is 87.5. The molecular formula is C61H102FN3O16. The molecule has 0 spiro atoms. The average molecular weight is 1150 g/mol. The molecule has 3 saturated heterocycles. The molecule has 4 aliphatic carbocycles. The van der Waals surface area contributed by atoms with E-state index in [2.05, 4.69) is 5.32 Å². The number of amides is 1. The zero-order valence-corrected chi connectivity index (χ0v) is 51.3. The van der Waals surface area contributed by atoms with Crippen LogP contribution in [0.1, 0.15) is 148 Å². The maximum atomic E-state index is 17.8. The van der Waals surface area contributed by atoms with E-state index in [4.69, 9.17) is 28.4 Å². The number of fused-ring (bicyclic) bond motifs is 5. The Hall–Kier alpha value is -2.54. The van der Waals surface area contributed by atoms with Crippen molar-refractivity contribution in [3.8, 4) is 0 Å². The monoisotopic (exact) mass is 1150 g/mol. The number of esters is 1. The van der Waals surface area contributed by atoms with Crippen molar-refractivity contribution >= 4 is 17.7 Å². The number of halogens is 1. The highest BCUT2D eigenvalue weighted by atomic mass is 19.1. The van der Waals surface area contributed by atoms with Gasteiger partial charge in [0.25, 0.3) is 5.91 Å². The molecule has 0 radical (unpaired) electrons. The summed E-state index contributed by atoms with van der Waals surface area (Å²) in [5.74, 6) is -5.38. The number of alkyl halides is 1. The topological polar surface area (TPSA) is 267 Å². The Morgan fingerprint density at radius 1 is 0.914 bits per heavy atom. The molecule has 0 aromatic heterocycles. The van der Waals surface area contributed by atoms with Gasteiger partial charge in [-0.25, -0.2) is 4.39 Å². The highest BCUT2D eigenvalue weighted by molar-refractivity contribution is 6.01. The van der Waals surface area contributed by atoms with E-state index in [9.17, 15) is 50.1 Å². The Morgan fingerprint density at radius 3 is 2.22 bits per heavy atom. The van der Waals surface area contributed by atoms with Crippen molar-refractivity contribution in [2.24, 2.45) is 46.3 Å². The number of ether oxygens (including phenoxy) is 6. The summed E-state index contributed by atoms with van der Waals surface area (Å²) in [6.45, 7) is 23.6. The van der Waals surface area contributed by atoms with Gasteiger partial charge in [-0.2, -0.15) is 0 Å². The van der Waals surface area contributed by atoms with Gasteiger partial charge in [0.2, 0.25) is 0 Å². The van der Waals surface area contributed by atoms with E-state index >= 15 is 4.39 Å². The van der Waals surface area contributed by atoms with E-state index < -0.39 is 160 Å². The molecule has 19 nitrogen and oxygen atoms in total. The van der Waals surface area contributed by atoms with Crippen LogP contribution in [0.25, 0.3) is 0 Å². The van der Waals surface area contributed by atoms with Gasteiger partial charge in [-0.15, -0.1) is 0 Å². The van der Waals surface area contributed by atoms with Gasteiger partial charge in [-0.05, 0) is 157 Å². The molecule has 8 N–H and O–H groups in total. The molecule has 4 unspecified atom stereocenters. The first-order valence-electron chi connectivity index (χ1n) is 30.1. The molecule has 7 rings (SSSR count). The standard InChI is InChI=1S/C61H102FN3O16/c1-17-45-59(13,74)49(69)37(7)65(15)31-32(2)28-57(11,73)51(35(5)48(36(6)52(71)79-45)80-46-30-58(12,76-16)50(70)38(8)78-46)81-53-47(68)43(26-34(4)77-53)64(14)24-18-23-63-54(72)61(75)33(3)25-42-41-20-19-39-27-40(66)21-22-55(39,9)60(41,62)44(67)29-56(42,61)10/h21-22,27,32-38,41-51,53,67-70,73-75H,17-20,23-26,28-31H2,1-16H3,(H,63,72)/t32-,33-,34-,35-,36-,37-,38+,41?,42?,43+,44+,45-,46?,47-,48+,49-,50+,51-,53?,55+,56+,57-,58-,59-,60+,61+/m1/s1. The Kier molecular flexibility index (Phi) is 19.8. The van der Waals surface area contributed by atoms with Crippen molar-refractivity contribution in [3.63, 3.8) is 0 Å². The highest BCUT2D eigenvalue weighted by Crippen LogP contribution is 2.70. The third-order valence-electron chi connectivity index (χ3n) is 21.7. The number of nitrogens with one attached hydrogen (secondary N) is 1. The van der Waals surface area contributed by atoms with Crippen molar-refractivity contribution < 1.29 is 82.9 Å². The molecule has 0 aromatic rings.